The highest BCUT2D eigenvalue weighted by Crippen LogP contribution is 2.26. The number of nitrogens with one attached hydrogen (secondary N) is 1. The van der Waals surface area contributed by atoms with Gasteiger partial charge in [-0.3, -0.25) is 4.79 Å². The maximum atomic E-state index is 12.7. The van der Waals surface area contributed by atoms with Crippen LogP contribution in [0.3, 0.4) is 0 Å². The van der Waals surface area contributed by atoms with E-state index < -0.39 is 22.0 Å². The number of carbonyl (C=O) groups is 1. The Morgan fingerprint density at radius 1 is 1.30 bits per heavy atom. The third-order valence-electron chi connectivity index (χ3n) is 3.42. The zero-order chi connectivity index (χ0) is 17.0. The molecule has 2 aromatic rings. The van der Waals surface area contributed by atoms with Gasteiger partial charge in [0.2, 0.25) is 10.0 Å². The van der Waals surface area contributed by atoms with E-state index in [1.165, 1.54) is 18.4 Å². The van der Waals surface area contributed by atoms with Crippen LogP contribution in [0.1, 0.15) is 28.5 Å². The van der Waals surface area contributed by atoms with Crippen molar-refractivity contribution in [3.05, 3.63) is 51.7 Å². The first-order valence-electron chi connectivity index (χ1n) is 7.03. The Morgan fingerprint density at radius 2 is 2.04 bits per heavy atom. The Morgan fingerprint density at radius 3 is 2.65 bits per heavy atom. The van der Waals surface area contributed by atoms with Crippen LogP contribution in [0.4, 0.5) is 0 Å². The molecule has 0 saturated carbocycles. The van der Waals surface area contributed by atoms with E-state index in [1.54, 1.807) is 25.1 Å². The van der Waals surface area contributed by atoms with Crippen LogP contribution in [0.25, 0.3) is 0 Å². The van der Waals surface area contributed by atoms with Crippen molar-refractivity contribution >= 4 is 27.3 Å². The topological polar surface area (TPSA) is 72.5 Å². The van der Waals surface area contributed by atoms with Gasteiger partial charge in [0.1, 0.15) is 0 Å². The van der Waals surface area contributed by atoms with Crippen molar-refractivity contribution in [3.63, 3.8) is 0 Å². The molecule has 23 heavy (non-hydrogen) atoms. The summed E-state index contributed by atoms with van der Waals surface area (Å²) in [5, 5.41) is 1.84. The zero-order valence-corrected chi connectivity index (χ0v) is 14.8. The SMILES string of the molecule is COC(=O)C[C@@H](NS(=O)(=O)c1cc(C)ccc1C)c1cccs1. The van der Waals surface area contributed by atoms with Crippen molar-refractivity contribution in [2.45, 2.75) is 31.2 Å². The molecule has 0 aliphatic carbocycles. The molecule has 0 bridgehead atoms. The molecule has 0 unspecified atom stereocenters. The number of rotatable bonds is 6. The Labute approximate surface area is 140 Å². The smallest absolute Gasteiger partial charge is 0.307 e. The highest BCUT2D eigenvalue weighted by molar-refractivity contribution is 7.89. The summed E-state index contributed by atoms with van der Waals surface area (Å²) in [5.41, 5.74) is 1.52. The molecule has 0 aliphatic heterocycles. The van der Waals surface area contributed by atoms with Gasteiger partial charge >= 0.3 is 5.97 Å². The van der Waals surface area contributed by atoms with Gasteiger partial charge in [-0.15, -0.1) is 11.3 Å². The number of sulfonamides is 1. The number of ether oxygens (including phenoxy) is 1. The summed E-state index contributed by atoms with van der Waals surface area (Å²) in [6, 6.07) is 8.22. The quantitative estimate of drug-likeness (QED) is 0.811. The van der Waals surface area contributed by atoms with Gasteiger partial charge in [0.05, 0.1) is 24.5 Å². The number of benzene rings is 1. The van der Waals surface area contributed by atoms with Gasteiger partial charge in [0.25, 0.3) is 0 Å². The third-order valence-corrected chi connectivity index (χ3v) is 6.02. The number of methoxy groups -OCH3 is 1. The summed E-state index contributed by atoms with van der Waals surface area (Å²) < 4.78 is 32.7. The van der Waals surface area contributed by atoms with Crippen LogP contribution in [0.5, 0.6) is 0 Å². The molecule has 124 valence electrons. The Bertz CT molecular complexity index is 782. The largest absolute Gasteiger partial charge is 0.469 e. The molecule has 0 fully saturated rings. The molecule has 1 N–H and O–H groups in total. The monoisotopic (exact) mass is 353 g/mol. The summed E-state index contributed by atoms with van der Waals surface area (Å²) in [6.07, 6.45) is -0.0545. The van der Waals surface area contributed by atoms with Crippen molar-refractivity contribution in [3.8, 4) is 0 Å². The summed E-state index contributed by atoms with van der Waals surface area (Å²) >= 11 is 1.39. The minimum atomic E-state index is -3.74. The lowest BCUT2D eigenvalue weighted by Gasteiger charge is -2.18. The Hall–Kier alpha value is -1.70. The lowest BCUT2D eigenvalue weighted by Crippen LogP contribution is -2.30. The average molecular weight is 353 g/mol. The first kappa shape index (κ1) is 17.7. The summed E-state index contributed by atoms with van der Waals surface area (Å²) in [4.78, 5) is 12.6. The molecule has 0 saturated heterocycles. The van der Waals surface area contributed by atoms with Crippen LogP contribution in [0, 0.1) is 13.8 Å². The van der Waals surface area contributed by atoms with E-state index in [9.17, 15) is 13.2 Å². The third kappa shape index (κ3) is 4.40. The van der Waals surface area contributed by atoms with Crippen molar-refractivity contribution < 1.29 is 17.9 Å². The predicted octanol–water partition coefficient (Wildman–Crippen LogP) is 2.95. The average Bonchev–Trinajstić information content (AvgIpc) is 3.03. The minimum Gasteiger partial charge on any atom is -0.469 e. The molecule has 5 nitrogen and oxygen atoms in total. The maximum absolute atomic E-state index is 12.7. The van der Waals surface area contributed by atoms with E-state index in [4.69, 9.17) is 0 Å². The normalized spacial score (nSPS) is 12.8. The highest BCUT2D eigenvalue weighted by atomic mass is 32.2. The summed E-state index contributed by atoms with van der Waals surface area (Å²) in [7, 11) is -2.46. The maximum Gasteiger partial charge on any atom is 0.307 e. The van der Waals surface area contributed by atoms with Gasteiger partial charge in [-0.25, -0.2) is 13.1 Å². The minimum absolute atomic E-state index is 0.0545. The molecule has 1 heterocycles. The van der Waals surface area contributed by atoms with Gasteiger partial charge in [0, 0.05) is 4.88 Å². The molecular weight excluding hydrogens is 334 g/mol. The van der Waals surface area contributed by atoms with Gasteiger partial charge in [-0.1, -0.05) is 18.2 Å². The lowest BCUT2D eigenvalue weighted by molar-refractivity contribution is -0.141. The van der Waals surface area contributed by atoms with Crippen molar-refractivity contribution in [2.75, 3.05) is 7.11 Å². The number of hydrogen-bond donors (Lipinski definition) is 1. The van der Waals surface area contributed by atoms with Crippen molar-refractivity contribution in [2.24, 2.45) is 0 Å². The molecule has 2 rings (SSSR count). The van der Waals surface area contributed by atoms with Crippen LogP contribution >= 0.6 is 11.3 Å². The fraction of sp³-hybridized carbons (Fsp3) is 0.312. The van der Waals surface area contributed by atoms with Crippen molar-refractivity contribution in [1.82, 2.24) is 4.72 Å². The van der Waals surface area contributed by atoms with E-state index in [2.05, 4.69) is 9.46 Å². The highest BCUT2D eigenvalue weighted by Gasteiger charge is 2.26. The Balaban J connectivity index is 2.34. The first-order chi connectivity index (χ1) is 10.8. The number of aryl methyl sites for hydroxylation is 2. The van der Waals surface area contributed by atoms with E-state index in [1.807, 2.05) is 24.4 Å². The number of carbonyl (C=O) groups excluding carboxylic acids is 1. The molecule has 0 aliphatic rings. The number of thiophene rings is 1. The lowest BCUT2D eigenvalue weighted by atomic mass is 10.2. The molecule has 1 aromatic carbocycles. The number of esters is 1. The van der Waals surface area contributed by atoms with E-state index in [0.717, 1.165) is 10.4 Å². The molecule has 1 atom stereocenters. The molecule has 0 radical (unpaired) electrons. The van der Waals surface area contributed by atoms with E-state index in [0.29, 0.717) is 5.56 Å². The summed E-state index contributed by atoms with van der Waals surface area (Å²) in [6.45, 7) is 3.58. The molecule has 0 amide bonds. The van der Waals surface area contributed by atoms with Crippen molar-refractivity contribution in [1.29, 1.82) is 0 Å². The number of hydrogen-bond acceptors (Lipinski definition) is 5. The predicted molar refractivity (Wildman–Crippen MR) is 89.9 cm³/mol. The van der Waals surface area contributed by atoms with Crippen LogP contribution in [0.15, 0.2) is 40.6 Å². The molecule has 0 spiro atoms. The second-order valence-corrected chi connectivity index (χ2v) is 7.90. The van der Waals surface area contributed by atoms with Gasteiger partial charge in [0.15, 0.2) is 0 Å². The van der Waals surface area contributed by atoms with Crippen LogP contribution < -0.4 is 4.72 Å². The van der Waals surface area contributed by atoms with Gasteiger partial charge in [-0.05, 0) is 42.5 Å². The second kappa shape index (κ2) is 7.25. The Kier molecular flexibility index (Phi) is 5.56. The van der Waals surface area contributed by atoms with Gasteiger partial charge < -0.3 is 4.74 Å². The molecule has 7 heteroatoms. The van der Waals surface area contributed by atoms with Crippen LogP contribution in [0.2, 0.25) is 0 Å². The summed E-state index contributed by atoms with van der Waals surface area (Å²) in [5.74, 6) is -0.466. The van der Waals surface area contributed by atoms with Crippen LogP contribution in [-0.4, -0.2) is 21.5 Å². The van der Waals surface area contributed by atoms with E-state index in [-0.39, 0.29) is 11.3 Å². The standard InChI is InChI=1S/C16H19NO4S2/c1-11-6-7-12(2)15(9-11)23(19,20)17-13(10-16(18)21-3)14-5-4-8-22-14/h4-9,13,17H,10H2,1-3H3/t13-/m1/s1. The molecular formula is C16H19NO4S2. The molecule has 1 aromatic heterocycles. The fourth-order valence-electron chi connectivity index (χ4n) is 2.19. The fourth-order valence-corrected chi connectivity index (χ4v) is 4.58. The van der Waals surface area contributed by atoms with Crippen LogP contribution in [-0.2, 0) is 19.6 Å². The van der Waals surface area contributed by atoms with Gasteiger partial charge in [-0.2, -0.15) is 0 Å². The zero-order valence-electron chi connectivity index (χ0n) is 13.2. The second-order valence-electron chi connectivity index (χ2n) is 5.24. The van der Waals surface area contributed by atoms with E-state index >= 15 is 0 Å². The first-order valence-corrected chi connectivity index (χ1v) is 9.39.